The molecular formula is C21H18FN5OS2. The van der Waals surface area contributed by atoms with Crippen LogP contribution in [0.4, 0.5) is 10.1 Å². The molecule has 6 nitrogen and oxygen atoms in total. The number of hydrogen-bond acceptors (Lipinski definition) is 6. The Morgan fingerprint density at radius 3 is 2.97 bits per heavy atom. The van der Waals surface area contributed by atoms with Crippen molar-refractivity contribution in [3.63, 3.8) is 0 Å². The number of hydrogen-bond donors (Lipinski definition) is 1. The van der Waals surface area contributed by atoms with Crippen molar-refractivity contribution in [2.45, 2.75) is 32.2 Å². The summed E-state index contributed by atoms with van der Waals surface area (Å²) in [5, 5.41) is 14.1. The van der Waals surface area contributed by atoms with E-state index in [-0.39, 0.29) is 11.7 Å². The fourth-order valence-corrected chi connectivity index (χ4v) is 5.16. The molecule has 0 spiro atoms. The van der Waals surface area contributed by atoms with Gasteiger partial charge in [0.15, 0.2) is 5.82 Å². The van der Waals surface area contributed by atoms with Crippen LogP contribution in [0.3, 0.4) is 0 Å². The maximum absolute atomic E-state index is 14.6. The van der Waals surface area contributed by atoms with E-state index >= 15 is 0 Å². The summed E-state index contributed by atoms with van der Waals surface area (Å²) in [6, 6.07) is 8.45. The number of nitrogens with zero attached hydrogens (tertiary/aromatic N) is 4. The second kappa shape index (κ2) is 8.08. The monoisotopic (exact) mass is 439 g/mol. The first-order valence-electron chi connectivity index (χ1n) is 9.72. The highest BCUT2D eigenvalue weighted by Crippen LogP contribution is 2.30. The quantitative estimate of drug-likeness (QED) is 0.471. The Balaban J connectivity index is 1.40. The van der Waals surface area contributed by atoms with Gasteiger partial charge in [0, 0.05) is 18.7 Å². The second-order valence-corrected chi connectivity index (χ2v) is 9.04. The molecule has 1 amide bonds. The lowest BCUT2D eigenvalue weighted by Gasteiger charge is -2.10. The smallest absolute Gasteiger partial charge is 0.267 e. The van der Waals surface area contributed by atoms with Crippen molar-refractivity contribution >= 4 is 34.3 Å². The molecule has 0 fully saturated rings. The van der Waals surface area contributed by atoms with Crippen LogP contribution in [-0.4, -0.2) is 25.7 Å². The Labute approximate surface area is 180 Å². The minimum Gasteiger partial charge on any atom is -0.321 e. The molecule has 5 rings (SSSR count). The third-order valence-electron chi connectivity index (χ3n) is 5.04. The van der Waals surface area contributed by atoms with E-state index in [9.17, 15) is 9.18 Å². The Morgan fingerprint density at radius 2 is 2.10 bits per heavy atom. The van der Waals surface area contributed by atoms with Crippen LogP contribution < -0.4 is 5.32 Å². The van der Waals surface area contributed by atoms with Crippen LogP contribution in [0.25, 0.3) is 21.3 Å². The van der Waals surface area contributed by atoms with E-state index in [2.05, 4.69) is 20.5 Å². The predicted molar refractivity (Wildman–Crippen MR) is 116 cm³/mol. The van der Waals surface area contributed by atoms with Gasteiger partial charge in [-0.15, -0.1) is 32.9 Å². The van der Waals surface area contributed by atoms with Crippen LogP contribution in [0.1, 0.15) is 34.8 Å². The number of nitrogens with one attached hydrogen (secondary N) is 1. The summed E-state index contributed by atoms with van der Waals surface area (Å²) in [7, 11) is 0. The van der Waals surface area contributed by atoms with Crippen LogP contribution in [0.15, 0.2) is 41.9 Å². The van der Waals surface area contributed by atoms with Crippen LogP contribution in [-0.2, 0) is 13.0 Å². The molecule has 0 radical (unpaired) electrons. The Kier molecular flexibility index (Phi) is 5.14. The minimum absolute atomic E-state index is 0.270. The molecule has 4 aromatic rings. The number of thiophene rings is 1. The Morgan fingerprint density at radius 1 is 1.17 bits per heavy atom. The number of halogens is 1. The largest absolute Gasteiger partial charge is 0.321 e. The number of fused-ring (bicyclic) bond motifs is 1. The average Bonchev–Trinajstić information content (AvgIpc) is 3.48. The van der Waals surface area contributed by atoms with Gasteiger partial charge in [-0.05, 0) is 42.5 Å². The zero-order chi connectivity index (χ0) is 20.5. The molecule has 152 valence electrons. The van der Waals surface area contributed by atoms with E-state index in [0.717, 1.165) is 47.9 Å². The molecule has 3 aromatic heterocycles. The summed E-state index contributed by atoms with van der Waals surface area (Å²) in [5.41, 5.74) is 0.852. The first-order valence-corrected chi connectivity index (χ1v) is 11.4. The Bertz CT molecular complexity index is 1200. The van der Waals surface area contributed by atoms with E-state index in [1.165, 1.54) is 17.4 Å². The fraction of sp³-hybridized carbons (Fsp3) is 0.238. The van der Waals surface area contributed by atoms with Gasteiger partial charge in [-0.25, -0.2) is 9.37 Å². The average molecular weight is 440 g/mol. The molecule has 9 heteroatoms. The van der Waals surface area contributed by atoms with E-state index in [1.54, 1.807) is 29.7 Å². The van der Waals surface area contributed by atoms with E-state index in [0.29, 0.717) is 22.0 Å². The van der Waals surface area contributed by atoms with Crippen LogP contribution >= 0.6 is 22.7 Å². The summed E-state index contributed by atoms with van der Waals surface area (Å²) in [5.74, 6) is 0.749. The van der Waals surface area contributed by atoms with Gasteiger partial charge in [-0.1, -0.05) is 12.5 Å². The number of aromatic nitrogens is 4. The van der Waals surface area contributed by atoms with Gasteiger partial charge in [-0.2, -0.15) is 0 Å². The first kappa shape index (κ1) is 19.1. The minimum atomic E-state index is -0.384. The number of anilines is 1. The van der Waals surface area contributed by atoms with Crippen LogP contribution in [0.5, 0.6) is 0 Å². The van der Waals surface area contributed by atoms with Crippen molar-refractivity contribution in [2.75, 3.05) is 5.32 Å². The van der Waals surface area contributed by atoms with Crippen molar-refractivity contribution in [3.8, 4) is 21.3 Å². The fourth-order valence-electron chi connectivity index (χ4n) is 3.54. The van der Waals surface area contributed by atoms with Crippen molar-refractivity contribution in [2.24, 2.45) is 0 Å². The molecular weight excluding hydrogens is 421 g/mol. The maximum Gasteiger partial charge on any atom is 0.267 e. The molecule has 0 aliphatic carbocycles. The molecule has 1 aliphatic rings. The standard InChI is InChI=1S/C21H18FN5OS2/c22-15-8-7-13(11-14(15)19-26-25-18-6-2-1-3-9-27(18)19)24-20(28)17-12-23-21(30-17)16-5-4-10-29-16/h4-5,7-8,10-12H,1-3,6,9H2,(H,24,28). The summed E-state index contributed by atoms with van der Waals surface area (Å²) < 4.78 is 16.6. The van der Waals surface area contributed by atoms with Crippen molar-refractivity contribution in [1.82, 2.24) is 19.7 Å². The number of aryl methyl sites for hydroxylation is 1. The molecule has 1 aromatic carbocycles. The van der Waals surface area contributed by atoms with Crippen LogP contribution in [0.2, 0.25) is 0 Å². The van der Waals surface area contributed by atoms with Crippen molar-refractivity contribution in [3.05, 3.63) is 58.4 Å². The molecule has 0 saturated heterocycles. The summed E-state index contributed by atoms with van der Waals surface area (Å²) >= 11 is 2.91. The lowest BCUT2D eigenvalue weighted by molar-refractivity contribution is 0.103. The third kappa shape index (κ3) is 3.66. The third-order valence-corrected chi connectivity index (χ3v) is 7.07. The molecule has 30 heavy (non-hydrogen) atoms. The van der Waals surface area contributed by atoms with Gasteiger partial charge < -0.3 is 9.88 Å². The lowest BCUT2D eigenvalue weighted by atomic mass is 10.1. The van der Waals surface area contributed by atoms with Crippen molar-refractivity contribution < 1.29 is 9.18 Å². The van der Waals surface area contributed by atoms with Crippen LogP contribution in [0, 0.1) is 5.82 Å². The first-order chi connectivity index (χ1) is 14.7. The zero-order valence-corrected chi connectivity index (χ0v) is 17.6. The van der Waals surface area contributed by atoms with Gasteiger partial charge >= 0.3 is 0 Å². The predicted octanol–water partition coefficient (Wildman–Crippen LogP) is 5.25. The van der Waals surface area contributed by atoms with E-state index in [1.807, 2.05) is 22.1 Å². The highest BCUT2D eigenvalue weighted by molar-refractivity contribution is 7.22. The number of carbonyl (C=O) groups is 1. The highest BCUT2D eigenvalue weighted by atomic mass is 32.1. The van der Waals surface area contributed by atoms with E-state index < -0.39 is 0 Å². The Hall–Kier alpha value is -2.91. The second-order valence-electron chi connectivity index (χ2n) is 7.06. The number of thiazole rings is 1. The molecule has 0 atom stereocenters. The number of benzene rings is 1. The molecule has 0 saturated carbocycles. The molecule has 0 unspecified atom stereocenters. The maximum atomic E-state index is 14.6. The molecule has 0 bridgehead atoms. The van der Waals surface area contributed by atoms with Gasteiger partial charge in [-0.3, -0.25) is 4.79 Å². The zero-order valence-electron chi connectivity index (χ0n) is 16.0. The van der Waals surface area contributed by atoms with Crippen molar-refractivity contribution in [1.29, 1.82) is 0 Å². The summed E-state index contributed by atoms with van der Waals surface area (Å²) in [4.78, 5) is 18.6. The lowest BCUT2D eigenvalue weighted by Crippen LogP contribution is -2.10. The highest BCUT2D eigenvalue weighted by Gasteiger charge is 2.20. The van der Waals surface area contributed by atoms with Gasteiger partial charge in [0.1, 0.15) is 21.5 Å². The topological polar surface area (TPSA) is 72.7 Å². The number of carbonyl (C=O) groups excluding carboxylic acids is 1. The van der Waals surface area contributed by atoms with Gasteiger partial charge in [0.05, 0.1) is 16.6 Å². The summed E-state index contributed by atoms with van der Waals surface area (Å²) in [6.07, 6.45) is 5.64. The van der Waals surface area contributed by atoms with Gasteiger partial charge in [0.25, 0.3) is 5.91 Å². The van der Waals surface area contributed by atoms with Gasteiger partial charge in [0.2, 0.25) is 0 Å². The molecule has 1 aliphatic heterocycles. The normalized spacial score (nSPS) is 13.6. The SMILES string of the molecule is O=C(Nc1ccc(F)c(-c2nnc3n2CCCCC3)c1)c1cnc(-c2cccs2)s1. The molecule has 1 N–H and O–H groups in total. The number of amides is 1. The number of rotatable bonds is 4. The summed E-state index contributed by atoms with van der Waals surface area (Å²) in [6.45, 7) is 0.778. The van der Waals surface area contributed by atoms with E-state index in [4.69, 9.17) is 0 Å². The molecule has 4 heterocycles.